The number of ketones is 1. The monoisotopic (exact) mass is 270 g/mol. The van der Waals surface area contributed by atoms with Crippen molar-refractivity contribution in [3.63, 3.8) is 0 Å². The summed E-state index contributed by atoms with van der Waals surface area (Å²) in [6, 6.07) is 10.1. The molecule has 1 fully saturated rings. The van der Waals surface area contributed by atoms with Crippen LogP contribution in [0.25, 0.3) is 0 Å². The van der Waals surface area contributed by atoms with Crippen LogP contribution in [-0.4, -0.2) is 12.4 Å². The zero-order valence-electron chi connectivity index (χ0n) is 11.9. The second-order valence-corrected chi connectivity index (χ2v) is 5.61. The number of benzene rings is 1. The van der Waals surface area contributed by atoms with Crippen LogP contribution in [0.3, 0.4) is 0 Å². The minimum Gasteiger partial charge on any atom is -0.376 e. The van der Waals surface area contributed by atoms with Crippen LogP contribution in [0.1, 0.15) is 24.8 Å². The molecule has 0 N–H and O–H groups in total. The van der Waals surface area contributed by atoms with Gasteiger partial charge in [-0.3, -0.25) is 4.79 Å². The summed E-state index contributed by atoms with van der Waals surface area (Å²) in [6.45, 7) is 8.78. The number of hydrogen-bond donors (Lipinski definition) is 0. The topological polar surface area (TPSA) is 26.3 Å². The minimum atomic E-state index is -0.195. The fourth-order valence-corrected chi connectivity index (χ4v) is 2.85. The van der Waals surface area contributed by atoms with Crippen molar-refractivity contribution < 1.29 is 9.53 Å². The molecule has 2 rings (SSSR count). The first-order valence-corrected chi connectivity index (χ1v) is 7.08. The number of carbonyl (C=O) groups is 1. The molecule has 1 aliphatic rings. The fraction of sp³-hybridized carbons (Fsp3) is 0.389. The maximum Gasteiger partial charge on any atom is 0.137 e. The number of Topliss-reactive ketones (excluding diaryl/α,β-unsaturated/α-hetero) is 1. The third-order valence-corrected chi connectivity index (χ3v) is 4.02. The van der Waals surface area contributed by atoms with Gasteiger partial charge in [0.25, 0.3) is 0 Å². The predicted molar refractivity (Wildman–Crippen MR) is 81.3 cm³/mol. The summed E-state index contributed by atoms with van der Waals surface area (Å²) in [5, 5.41) is 0. The largest absolute Gasteiger partial charge is 0.376 e. The molecule has 1 saturated carbocycles. The van der Waals surface area contributed by atoms with E-state index in [9.17, 15) is 4.79 Å². The molecule has 20 heavy (non-hydrogen) atoms. The molecule has 0 bridgehead atoms. The molecule has 0 unspecified atom stereocenters. The molecule has 2 nitrogen and oxygen atoms in total. The van der Waals surface area contributed by atoms with Crippen molar-refractivity contribution in [3.05, 3.63) is 61.2 Å². The molecular formula is C18H22O2. The van der Waals surface area contributed by atoms with Gasteiger partial charge in [-0.15, -0.1) is 13.2 Å². The van der Waals surface area contributed by atoms with Crippen molar-refractivity contribution >= 4 is 5.78 Å². The van der Waals surface area contributed by atoms with E-state index < -0.39 is 0 Å². The lowest BCUT2D eigenvalue weighted by molar-refractivity contribution is -0.121. The van der Waals surface area contributed by atoms with E-state index in [-0.39, 0.29) is 11.3 Å². The van der Waals surface area contributed by atoms with E-state index in [1.165, 1.54) is 0 Å². The number of hydrogen-bond acceptors (Lipinski definition) is 2. The Hall–Kier alpha value is -1.67. The lowest BCUT2D eigenvalue weighted by atomic mass is 9.86. The molecule has 0 aromatic heterocycles. The van der Waals surface area contributed by atoms with Gasteiger partial charge in [0.1, 0.15) is 5.78 Å². The van der Waals surface area contributed by atoms with Gasteiger partial charge >= 0.3 is 0 Å². The minimum absolute atomic E-state index is 0.0887. The lowest BCUT2D eigenvalue weighted by Crippen LogP contribution is -2.21. The summed E-state index contributed by atoms with van der Waals surface area (Å²) >= 11 is 0. The van der Waals surface area contributed by atoms with Gasteiger partial charge in [-0.05, 0) is 18.4 Å². The molecule has 2 heteroatoms. The Morgan fingerprint density at radius 3 is 2.70 bits per heavy atom. The predicted octanol–water partition coefficient (Wildman–Crippen LogP) is 3.93. The van der Waals surface area contributed by atoms with E-state index in [1.807, 2.05) is 42.5 Å². The fourth-order valence-electron chi connectivity index (χ4n) is 2.85. The van der Waals surface area contributed by atoms with Crippen LogP contribution >= 0.6 is 0 Å². The molecular weight excluding hydrogens is 248 g/mol. The Labute approximate surface area is 121 Å². The number of carbonyl (C=O) groups excluding carboxylic acids is 1. The smallest absolute Gasteiger partial charge is 0.137 e. The van der Waals surface area contributed by atoms with E-state index in [2.05, 4.69) is 13.2 Å². The van der Waals surface area contributed by atoms with E-state index in [1.54, 1.807) is 0 Å². The van der Waals surface area contributed by atoms with Gasteiger partial charge in [0.05, 0.1) is 13.2 Å². The first-order chi connectivity index (χ1) is 9.69. The van der Waals surface area contributed by atoms with Gasteiger partial charge in [0.2, 0.25) is 0 Å². The SMILES string of the molecule is C=CC[C@@H]1C[C@@](C=C)(COCc2ccccc2)CC1=O. The van der Waals surface area contributed by atoms with E-state index in [0.717, 1.165) is 18.4 Å². The molecule has 0 saturated heterocycles. The third-order valence-electron chi connectivity index (χ3n) is 4.02. The lowest BCUT2D eigenvalue weighted by Gasteiger charge is -2.24. The maximum atomic E-state index is 12.0. The Bertz CT molecular complexity index is 477. The van der Waals surface area contributed by atoms with Crippen LogP contribution in [0.15, 0.2) is 55.6 Å². The molecule has 1 aromatic rings. The highest BCUT2D eigenvalue weighted by atomic mass is 16.5. The van der Waals surface area contributed by atoms with Gasteiger partial charge in [0.15, 0.2) is 0 Å². The second-order valence-electron chi connectivity index (χ2n) is 5.61. The van der Waals surface area contributed by atoms with Crippen molar-refractivity contribution in [1.29, 1.82) is 0 Å². The Morgan fingerprint density at radius 2 is 2.05 bits per heavy atom. The number of rotatable bonds is 7. The van der Waals surface area contributed by atoms with Gasteiger partial charge < -0.3 is 4.74 Å². The van der Waals surface area contributed by atoms with Crippen LogP contribution in [0, 0.1) is 11.3 Å². The zero-order chi connectivity index (χ0) is 14.4. The molecule has 0 amide bonds. The number of allylic oxidation sites excluding steroid dienone is 1. The highest BCUT2D eigenvalue weighted by molar-refractivity contribution is 5.84. The van der Waals surface area contributed by atoms with E-state index >= 15 is 0 Å². The van der Waals surface area contributed by atoms with Gasteiger partial charge in [-0.2, -0.15) is 0 Å². The average molecular weight is 270 g/mol. The van der Waals surface area contributed by atoms with Crippen LogP contribution in [0.2, 0.25) is 0 Å². The Balaban J connectivity index is 1.91. The summed E-state index contributed by atoms with van der Waals surface area (Å²) < 4.78 is 5.82. The molecule has 0 radical (unpaired) electrons. The summed E-state index contributed by atoms with van der Waals surface area (Å²) in [5.41, 5.74) is 0.957. The van der Waals surface area contributed by atoms with Crippen molar-refractivity contribution in [3.8, 4) is 0 Å². The highest BCUT2D eigenvalue weighted by Crippen LogP contribution is 2.42. The van der Waals surface area contributed by atoms with Crippen LogP contribution in [0.5, 0.6) is 0 Å². The van der Waals surface area contributed by atoms with E-state index in [4.69, 9.17) is 4.74 Å². The molecule has 1 aliphatic carbocycles. The third kappa shape index (κ3) is 3.45. The van der Waals surface area contributed by atoms with Crippen molar-refractivity contribution in [2.24, 2.45) is 11.3 Å². The van der Waals surface area contributed by atoms with Crippen molar-refractivity contribution in [2.75, 3.05) is 6.61 Å². The van der Waals surface area contributed by atoms with Crippen LogP contribution < -0.4 is 0 Å². The van der Waals surface area contributed by atoms with Crippen molar-refractivity contribution in [2.45, 2.75) is 25.9 Å². The normalized spacial score (nSPS) is 25.6. The Kier molecular flexibility index (Phi) is 4.91. The van der Waals surface area contributed by atoms with Gasteiger partial charge in [-0.1, -0.05) is 42.5 Å². The zero-order valence-corrected chi connectivity index (χ0v) is 11.9. The highest BCUT2D eigenvalue weighted by Gasteiger charge is 2.42. The summed E-state index contributed by atoms with van der Waals surface area (Å²) in [4.78, 5) is 12.0. The first kappa shape index (κ1) is 14.7. The standard InChI is InChI=1S/C18H22O2/c1-3-8-16-11-18(4-2,12-17(16)19)14-20-13-15-9-6-5-7-10-15/h3-7,9-10,16H,1-2,8,11-14H2/t16-,18-/m1/s1. The molecule has 1 aromatic carbocycles. The molecule has 0 spiro atoms. The molecule has 2 atom stereocenters. The summed E-state index contributed by atoms with van der Waals surface area (Å²) in [6.07, 6.45) is 5.86. The summed E-state index contributed by atoms with van der Waals surface area (Å²) in [7, 11) is 0. The Morgan fingerprint density at radius 1 is 1.30 bits per heavy atom. The maximum absolute atomic E-state index is 12.0. The summed E-state index contributed by atoms with van der Waals surface area (Å²) in [5.74, 6) is 0.402. The average Bonchev–Trinajstić information content (AvgIpc) is 2.78. The second kappa shape index (κ2) is 6.67. The van der Waals surface area contributed by atoms with E-state index in [0.29, 0.717) is 25.4 Å². The van der Waals surface area contributed by atoms with Crippen LogP contribution in [-0.2, 0) is 16.1 Å². The van der Waals surface area contributed by atoms with Gasteiger partial charge in [0, 0.05) is 17.8 Å². The molecule has 0 heterocycles. The molecule has 106 valence electrons. The number of ether oxygens (including phenoxy) is 1. The van der Waals surface area contributed by atoms with Crippen LogP contribution in [0.4, 0.5) is 0 Å². The quantitative estimate of drug-likeness (QED) is 0.702. The molecule has 0 aliphatic heterocycles. The van der Waals surface area contributed by atoms with Crippen molar-refractivity contribution in [1.82, 2.24) is 0 Å². The van der Waals surface area contributed by atoms with Gasteiger partial charge in [-0.25, -0.2) is 0 Å². The first-order valence-electron chi connectivity index (χ1n) is 7.08.